The van der Waals surface area contributed by atoms with Crippen molar-refractivity contribution in [2.45, 2.75) is 44.1 Å². The molecule has 3 N–H and O–H groups in total. The van der Waals surface area contributed by atoms with Crippen LogP contribution in [0.4, 0.5) is 23.7 Å². The molecule has 8 nitrogen and oxygen atoms in total. The third-order valence-corrected chi connectivity index (χ3v) is 6.23. The molecular formula is C24H23F3N4O4. The fraction of sp³-hybridized carbons (Fsp3) is 0.333. The van der Waals surface area contributed by atoms with E-state index in [1.54, 1.807) is 35.6 Å². The maximum Gasteiger partial charge on any atom is 0.421 e. The second-order valence-corrected chi connectivity index (χ2v) is 9.48. The molecule has 2 aliphatic rings. The number of halogens is 3. The predicted molar refractivity (Wildman–Crippen MR) is 119 cm³/mol. The van der Waals surface area contributed by atoms with E-state index in [2.05, 4.69) is 5.32 Å². The number of hydrogen-bond acceptors (Lipinski definition) is 4. The Kier molecular flexibility index (Phi) is 5.61. The summed E-state index contributed by atoms with van der Waals surface area (Å²) in [4.78, 5) is 52.0. The van der Waals surface area contributed by atoms with Crippen molar-refractivity contribution in [2.75, 3.05) is 4.90 Å². The highest BCUT2D eigenvalue weighted by Crippen LogP contribution is 2.45. The van der Waals surface area contributed by atoms with Gasteiger partial charge in [-0.15, -0.1) is 0 Å². The molecule has 0 aliphatic carbocycles. The van der Waals surface area contributed by atoms with Crippen molar-refractivity contribution >= 4 is 29.4 Å². The third-order valence-electron chi connectivity index (χ3n) is 6.23. The van der Waals surface area contributed by atoms with E-state index in [4.69, 9.17) is 0 Å². The zero-order valence-corrected chi connectivity index (χ0v) is 19.1. The Hall–Kier alpha value is -3.89. The summed E-state index contributed by atoms with van der Waals surface area (Å²) in [6, 6.07) is 12.5. The van der Waals surface area contributed by atoms with Gasteiger partial charge in [-0.1, -0.05) is 51.1 Å². The fourth-order valence-corrected chi connectivity index (χ4v) is 4.38. The van der Waals surface area contributed by atoms with Crippen molar-refractivity contribution in [2.24, 2.45) is 5.92 Å². The molecule has 2 aliphatic heterocycles. The minimum absolute atomic E-state index is 0.120. The number of nitrogens with one attached hydrogen (secondary N) is 3. The van der Waals surface area contributed by atoms with Crippen LogP contribution < -0.4 is 20.9 Å². The Labute approximate surface area is 198 Å². The molecule has 2 saturated heterocycles. The average molecular weight is 488 g/mol. The van der Waals surface area contributed by atoms with Crippen LogP contribution in [0.15, 0.2) is 54.6 Å². The standard InChI is InChI=1S/C24H23F3N4O4/c1-22(2,3)14-11-9-13(10-12-14)18(32)30-23(24(25,26)27)16-17(28-20(23)34)31(21(35)29-19(16)33)15-7-5-4-6-8-15/h4-12,16-17H,1-3H3,(H,28,34)(H,30,32)(H,29,33,35). The molecule has 11 heteroatoms. The number of carbonyl (C=O) groups excluding carboxylic acids is 4. The molecule has 0 bridgehead atoms. The maximum atomic E-state index is 14.6. The van der Waals surface area contributed by atoms with Gasteiger partial charge in [0.2, 0.25) is 11.4 Å². The first kappa shape index (κ1) is 24.2. The number of nitrogens with zero attached hydrogens (tertiary/aromatic N) is 1. The third kappa shape index (κ3) is 3.90. The molecule has 0 radical (unpaired) electrons. The molecule has 0 aromatic heterocycles. The van der Waals surface area contributed by atoms with Gasteiger partial charge in [-0.05, 0) is 35.2 Å². The van der Waals surface area contributed by atoms with E-state index in [1.807, 2.05) is 26.1 Å². The van der Waals surface area contributed by atoms with Crippen LogP contribution in [-0.4, -0.2) is 41.6 Å². The molecule has 35 heavy (non-hydrogen) atoms. The fourth-order valence-electron chi connectivity index (χ4n) is 4.38. The molecule has 3 unspecified atom stereocenters. The van der Waals surface area contributed by atoms with Crippen LogP contribution in [0.2, 0.25) is 0 Å². The van der Waals surface area contributed by atoms with Gasteiger partial charge >= 0.3 is 12.2 Å². The Morgan fingerprint density at radius 1 is 0.971 bits per heavy atom. The van der Waals surface area contributed by atoms with Crippen LogP contribution in [0.5, 0.6) is 0 Å². The number of benzene rings is 2. The van der Waals surface area contributed by atoms with Crippen molar-refractivity contribution in [3.63, 3.8) is 0 Å². The normalized spacial score (nSPS) is 24.5. The minimum atomic E-state index is -5.36. The zero-order valence-electron chi connectivity index (χ0n) is 19.1. The monoisotopic (exact) mass is 488 g/mol. The highest BCUT2D eigenvalue weighted by Gasteiger charge is 2.75. The number of carbonyl (C=O) groups is 4. The van der Waals surface area contributed by atoms with Gasteiger partial charge in [0.25, 0.3) is 11.8 Å². The van der Waals surface area contributed by atoms with Crippen LogP contribution in [0.3, 0.4) is 0 Å². The molecule has 2 aromatic carbocycles. The zero-order chi connectivity index (χ0) is 25.8. The van der Waals surface area contributed by atoms with Gasteiger partial charge in [0.15, 0.2) is 0 Å². The highest BCUT2D eigenvalue weighted by molar-refractivity contribution is 6.13. The average Bonchev–Trinajstić information content (AvgIpc) is 3.07. The lowest BCUT2D eigenvalue weighted by Crippen LogP contribution is -2.72. The van der Waals surface area contributed by atoms with Crippen LogP contribution in [0.25, 0.3) is 0 Å². The Morgan fingerprint density at radius 2 is 1.57 bits per heavy atom. The number of alkyl halides is 3. The molecule has 0 saturated carbocycles. The topological polar surface area (TPSA) is 108 Å². The summed E-state index contributed by atoms with van der Waals surface area (Å²) in [5.74, 6) is -6.32. The van der Waals surface area contributed by atoms with Crippen molar-refractivity contribution in [1.29, 1.82) is 0 Å². The number of hydrogen-bond donors (Lipinski definition) is 3. The van der Waals surface area contributed by atoms with Gasteiger partial charge in [0, 0.05) is 11.3 Å². The van der Waals surface area contributed by atoms with Gasteiger partial charge in [-0.3, -0.25) is 24.6 Å². The second kappa shape index (κ2) is 8.10. The molecular weight excluding hydrogens is 465 g/mol. The molecule has 2 aromatic rings. The van der Waals surface area contributed by atoms with Gasteiger partial charge in [-0.25, -0.2) is 4.79 Å². The van der Waals surface area contributed by atoms with E-state index in [0.717, 1.165) is 10.5 Å². The second-order valence-electron chi connectivity index (χ2n) is 9.48. The van der Waals surface area contributed by atoms with Crippen molar-refractivity contribution in [3.05, 3.63) is 65.7 Å². The predicted octanol–water partition coefficient (Wildman–Crippen LogP) is 2.84. The Bertz CT molecular complexity index is 1190. The van der Waals surface area contributed by atoms with Gasteiger partial charge < -0.3 is 10.6 Å². The molecule has 5 amide bonds. The number of para-hydroxylation sites is 1. The summed E-state index contributed by atoms with van der Waals surface area (Å²) in [6.45, 7) is 5.81. The number of rotatable bonds is 3. The number of urea groups is 1. The maximum absolute atomic E-state index is 14.6. The summed E-state index contributed by atoms with van der Waals surface area (Å²) in [6.07, 6.45) is -7.03. The lowest BCUT2D eigenvalue weighted by atomic mass is 9.81. The van der Waals surface area contributed by atoms with Crippen molar-refractivity contribution in [1.82, 2.24) is 16.0 Å². The number of imide groups is 1. The van der Waals surface area contributed by atoms with E-state index < -0.39 is 47.6 Å². The van der Waals surface area contributed by atoms with E-state index in [9.17, 15) is 32.3 Å². The summed E-state index contributed by atoms with van der Waals surface area (Å²) in [7, 11) is 0. The largest absolute Gasteiger partial charge is 0.421 e. The quantitative estimate of drug-likeness (QED) is 0.618. The number of anilines is 1. The van der Waals surface area contributed by atoms with Crippen molar-refractivity contribution in [3.8, 4) is 0 Å². The Balaban J connectivity index is 1.75. The van der Waals surface area contributed by atoms with Crippen LogP contribution in [0, 0.1) is 5.92 Å². The number of amides is 5. The van der Waals surface area contributed by atoms with Crippen LogP contribution in [0.1, 0.15) is 36.7 Å². The van der Waals surface area contributed by atoms with E-state index in [0.29, 0.717) is 0 Å². The van der Waals surface area contributed by atoms with Crippen LogP contribution >= 0.6 is 0 Å². The Morgan fingerprint density at radius 3 is 2.11 bits per heavy atom. The SMILES string of the molecule is CC(C)(C)c1ccc(C(=O)NC2(C(F)(F)F)C(=O)NC3C2C(=O)NC(=O)N3c2ccccc2)cc1. The van der Waals surface area contributed by atoms with E-state index in [-0.39, 0.29) is 16.7 Å². The van der Waals surface area contributed by atoms with Gasteiger partial charge in [-0.2, -0.15) is 13.2 Å². The molecule has 2 heterocycles. The molecule has 2 fully saturated rings. The van der Waals surface area contributed by atoms with E-state index in [1.165, 1.54) is 24.3 Å². The van der Waals surface area contributed by atoms with Crippen LogP contribution in [-0.2, 0) is 15.0 Å². The summed E-state index contributed by atoms with van der Waals surface area (Å²) >= 11 is 0. The smallest absolute Gasteiger partial charge is 0.332 e. The lowest BCUT2D eigenvalue weighted by molar-refractivity contribution is -0.204. The first-order valence-electron chi connectivity index (χ1n) is 10.8. The van der Waals surface area contributed by atoms with Gasteiger partial charge in [0.05, 0.1) is 0 Å². The first-order valence-corrected chi connectivity index (χ1v) is 10.8. The number of fused-ring (bicyclic) bond motifs is 1. The minimum Gasteiger partial charge on any atom is -0.332 e. The molecule has 4 rings (SSSR count). The van der Waals surface area contributed by atoms with E-state index >= 15 is 0 Å². The highest BCUT2D eigenvalue weighted by atomic mass is 19.4. The first-order chi connectivity index (χ1) is 16.3. The molecule has 3 atom stereocenters. The van der Waals surface area contributed by atoms with Gasteiger partial charge in [0.1, 0.15) is 12.1 Å². The summed E-state index contributed by atoms with van der Waals surface area (Å²) in [5.41, 5.74) is -2.97. The molecule has 184 valence electrons. The van der Waals surface area contributed by atoms with Crippen molar-refractivity contribution < 1.29 is 32.3 Å². The lowest BCUT2D eigenvalue weighted by Gasteiger charge is -2.41. The molecule has 0 spiro atoms. The summed E-state index contributed by atoms with van der Waals surface area (Å²) < 4.78 is 43.7. The summed E-state index contributed by atoms with van der Waals surface area (Å²) in [5, 5.41) is 5.81.